The molecule has 70 valence electrons. The Labute approximate surface area is 80.5 Å². The van der Waals surface area contributed by atoms with E-state index in [0.717, 1.165) is 0 Å². The van der Waals surface area contributed by atoms with E-state index in [2.05, 4.69) is 39.5 Å². The highest BCUT2D eigenvalue weighted by molar-refractivity contribution is 8.08. The average Bonchev–Trinajstić information content (AvgIpc) is 2.61. The Morgan fingerprint density at radius 1 is 0.917 bits per heavy atom. The van der Waals surface area contributed by atoms with E-state index >= 15 is 0 Å². The fraction of sp³-hybridized carbons (Fsp3) is 1.00. The van der Waals surface area contributed by atoms with Crippen molar-refractivity contribution in [2.24, 2.45) is 10.8 Å². The summed E-state index contributed by atoms with van der Waals surface area (Å²) in [6.45, 7) is 9.86. The Kier molecular flexibility index (Phi) is 1.66. The fourth-order valence-corrected chi connectivity index (χ4v) is 5.06. The summed E-state index contributed by atoms with van der Waals surface area (Å²) in [5.74, 6) is 1.41. The summed E-state index contributed by atoms with van der Waals surface area (Å²) < 4.78 is 0.637. The van der Waals surface area contributed by atoms with Crippen LogP contribution < -0.4 is 0 Å². The van der Waals surface area contributed by atoms with E-state index in [1.165, 1.54) is 25.0 Å². The summed E-state index contributed by atoms with van der Waals surface area (Å²) in [4.78, 5) is 0. The topological polar surface area (TPSA) is 0 Å². The van der Waals surface area contributed by atoms with Gasteiger partial charge >= 0.3 is 0 Å². The quantitative estimate of drug-likeness (QED) is 0.517. The molecule has 1 aliphatic heterocycles. The summed E-state index contributed by atoms with van der Waals surface area (Å²) in [5, 5.41) is 0. The van der Waals surface area contributed by atoms with Gasteiger partial charge in [0, 0.05) is 10.5 Å². The molecule has 0 radical (unpaired) electrons. The number of hydrogen-bond donors (Lipinski definition) is 0. The van der Waals surface area contributed by atoms with Gasteiger partial charge in [-0.3, -0.25) is 0 Å². The van der Waals surface area contributed by atoms with Gasteiger partial charge in [-0.2, -0.15) is 11.8 Å². The lowest BCUT2D eigenvalue weighted by Gasteiger charge is -2.49. The number of hydrogen-bond acceptors (Lipinski definition) is 1. The lowest BCUT2D eigenvalue weighted by molar-refractivity contribution is 0.0823. The fourth-order valence-electron chi connectivity index (χ4n) is 3.15. The van der Waals surface area contributed by atoms with Crippen molar-refractivity contribution in [3.63, 3.8) is 0 Å². The molecule has 2 fully saturated rings. The third kappa shape index (κ3) is 0.921. The van der Waals surface area contributed by atoms with Crippen LogP contribution in [0.1, 0.15) is 47.0 Å². The second-order valence-electron chi connectivity index (χ2n) is 5.74. The highest BCUT2D eigenvalue weighted by Gasteiger charge is 2.64. The maximum absolute atomic E-state index is 2.47. The third-order valence-electron chi connectivity index (χ3n) is 4.22. The maximum Gasteiger partial charge on any atom is 0.0352 e. The summed E-state index contributed by atoms with van der Waals surface area (Å²) >= 11 is 2.21. The molecule has 1 saturated heterocycles. The lowest BCUT2D eigenvalue weighted by atomic mass is 9.58. The van der Waals surface area contributed by atoms with Gasteiger partial charge in [-0.05, 0) is 23.7 Å². The molecule has 12 heavy (non-hydrogen) atoms. The smallest absolute Gasteiger partial charge is 0.0352 e. The molecular weight excluding hydrogens is 164 g/mol. The minimum atomic E-state index is 0.583. The van der Waals surface area contributed by atoms with Crippen LogP contribution in [-0.2, 0) is 0 Å². The third-order valence-corrected chi connectivity index (χ3v) is 6.19. The molecule has 0 N–H and O–H groups in total. The molecule has 2 aliphatic rings. The predicted octanol–water partition coefficient (Wildman–Crippen LogP) is 3.71. The molecule has 0 nitrogen and oxygen atoms in total. The monoisotopic (exact) mass is 184 g/mol. The summed E-state index contributed by atoms with van der Waals surface area (Å²) in [6.07, 6.45) is 4.30. The van der Waals surface area contributed by atoms with Crippen molar-refractivity contribution in [2.45, 2.75) is 51.7 Å². The van der Waals surface area contributed by atoms with Crippen molar-refractivity contribution in [1.82, 2.24) is 0 Å². The van der Waals surface area contributed by atoms with Gasteiger partial charge in [-0.15, -0.1) is 0 Å². The van der Waals surface area contributed by atoms with Gasteiger partial charge in [0.2, 0.25) is 0 Å². The molecule has 1 heteroatoms. The normalized spacial score (nSPS) is 35.0. The van der Waals surface area contributed by atoms with Crippen LogP contribution in [0.3, 0.4) is 0 Å². The van der Waals surface area contributed by atoms with Crippen molar-refractivity contribution in [1.29, 1.82) is 0 Å². The first kappa shape index (κ1) is 8.93. The largest absolute Gasteiger partial charge is 0.152 e. The molecule has 0 aromatic heterocycles. The molecule has 1 heterocycles. The first-order valence-corrected chi connectivity index (χ1v) is 6.04. The SMILES string of the molecule is CC1(C)CCCC(C)(C)C12CS2. The predicted molar refractivity (Wildman–Crippen MR) is 56.6 cm³/mol. The Bertz CT molecular complexity index is 181. The zero-order chi connectivity index (χ0) is 9.04. The van der Waals surface area contributed by atoms with Gasteiger partial charge in [-0.1, -0.05) is 34.1 Å². The zero-order valence-corrected chi connectivity index (χ0v) is 9.55. The van der Waals surface area contributed by atoms with E-state index in [9.17, 15) is 0 Å². The highest BCUT2D eigenvalue weighted by Crippen LogP contribution is 2.70. The van der Waals surface area contributed by atoms with Gasteiger partial charge in [0.15, 0.2) is 0 Å². The Balaban J connectivity index is 2.32. The van der Waals surface area contributed by atoms with Crippen molar-refractivity contribution >= 4 is 11.8 Å². The average molecular weight is 184 g/mol. The van der Waals surface area contributed by atoms with Crippen molar-refractivity contribution < 1.29 is 0 Å². The van der Waals surface area contributed by atoms with E-state index in [1.54, 1.807) is 0 Å². The minimum Gasteiger partial charge on any atom is -0.152 e. The molecule has 0 aromatic rings. The molecule has 0 atom stereocenters. The summed E-state index contributed by atoms with van der Waals surface area (Å²) in [6, 6.07) is 0. The molecular formula is C11H20S. The van der Waals surface area contributed by atoms with Gasteiger partial charge in [-0.25, -0.2) is 0 Å². The van der Waals surface area contributed by atoms with Crippen LogP contribution in [0.25, 0.3) is 0 Å². The van der Waals surface area contributed by atoms with Crippen LogP contribution in [0.15, 0.2) is 0 Å². The van der Waals surface area contributed by atoms with E-state index in [4.69, 9.17) is 0 Å². The molecule has 0 unspecified atom stereocenters. The Morgan fingerprint density at radius 2 is 1.33 bits per heavy atom. The van der Waals surface area contributed by atoms with Crippen LogP contribution in [0.2, 0.25) is 0 Å². The van der Waals surface area contributed by atoms with Gasteiger partial charge < -0.3 is 0 Å². The lowest BCUT2D eigenvalue weighted by Crippen LogP contribution is -2.47. The molecule has 2 rings (SSSR count). The van der Waals surface area contributed by atoms with Crippen molar-refractivity contribution in [2.75, 3.05) is 5.75 Å². The molecule has 0 amide bonds. The zero-order valence-electron chi connectivity index (χ0n) is 8.74. The molecule has 0 bridgehead atoms. The number of thioether (sulfide) groups is 1. The van der Waals surface area contributed by atoms with Gasteiger partial charge in [0.05, 0.1) is 0 Å². The molecule has 1 saturated carbocycles. The number of rotatable bonds is 0. The van der Waals surface area contributed by atoms with Crippen LogP contribution in [0.4, 0.5) is 0 Å². The molecule has 1 spiro atoms. The minimum absolute atomic E-state index is 0.583. The van der Waals surface area contributed by atoms with Crippen LogP contribution in [0, 0.1) is 10.8 Å². The summed E-state index contributed by atoms with van der Waals surface area (Å²) in [7, 11) is 0. The first-order valence-electron chi connectivity index (χ1n) is 5.05. The van der Waals surface area contributed by atoms with E-state index < -0.39 is 0 Å². The van der Waals surface area contributed by atoms with Crippen LogP contribution in [0.5, 0.6) is 0 Å². The van der Waals surface area contributed by atoms with E-state index in [0.29, 0.717) is 15.6 Å². The first-order chi connectivity index (χ1) is 5.41. The van der Waals surface area contributed by atoms with Crippen LogP contribution in [-0.4, -0.2) is 10.5 Å². The van der Waals surface area contributed by atoms with Crippen LogP contribution >= 0.6 is 11.8 Å². The van der Waals surface area contributed by atoms with E-state index in [-0.39, 0.29) is 0 Å². The maximum atomic E-state index is 2.47. The van der Waals surface area contributed by atoms with Crippen molar-refractivity contribution in [3.05, 3.63) is 0 Å². The highest BCUT2D eigenvalue weighted by atomic mass is 32.2. The van der Waals surface area contributed by atoms with Gasteiger partial charge in [0.25, 0.3) is 0 Å². The van der Waals surface area contributed by atoms with E-state index in [1.807, 2.05) is 0 Å². The summed E-state index contributed by atoms with van der Waals surface area (Å²) in [5.41, 5.74) is 1.17. The Hall–Kier alpha value is 0.350. The van der Waals surface area contributed by atoms with Crippen molar-refractivity contribution in [3.8, 4) is 0 Å². The second-order valence-corrected chi connectivity index (χ2v) is 7.01. The molecule has 0 aromatic carbocycles. The molecule has 1 aliphatic carbocycles. The second kappa shape index (κ2) is 2.23. The standard InChI is InChI=1S/C11H20S/c1-9(2)6-5-7-10(3,4)11(9)8-12-11/h5-8H2,1-4H3. The Morgan fingerprint density at radius 3 is 1.58 bits per heavy atom. The van der Waals surface area contributed by atoms with Gasteiger partial charge in [0.1, 0.15) is 0 Å².